The largest absolute Gasteiger partial charge is 0.481 e. The number of aliphatic hydroxyl groups excluding tert-OH is 2. The van der Waals surface area contributed by atoms with Crippen molar-refractivity contribution in [3.63, 3.8) is 0 Å². The van der Waals surface area contributed by atoms with Gasteiger partial charge >= 0.3 is 23.5 Å². The molecule has 10 N–H and O–H groups in total. The Labute approximate surface area is 419 Å². The molecule has 2 aromatic heterocycles. The number of carbonyl (C=O) groups excluding carboxylic acids is 3. The fraction of sp³-hybridized carbons (Fsp3) is 0.767. The molecule has 0 radical (unpaired) electrons. The number of nitrogen functional groups attached to an aromatic ring is 1. The number of thioether (sulfide) groups is 1. The number of fused-ring (bicyclic) bond motifs is 1. The molecule has 0 spiro atoms. The number of aromatic nitrogens is 4. The maximum atomic E-state index is 12.8. The van der Waals surface area contributed by atoms with Crippen molar-refractivity contribution in [1.82, 2.24) is 30.2 Å². The highest BCUT2D eigenvalue weighted by molar-refractivity contribution is 8.13. The first kappa shape index (κ1) is 62.6. The number of allylic oxidation sites excluding steroid dienone is 2. The number of rotatable bonds is 38. The van der Waals surface area contributed by atoms with E-state index in [0.717, 1.165) is 48.2 Å². The number of phosphoric ester groups is 3. The second-order valence-corrected chi connectivity index (χ2v) is 23.4. The van der Waals surface area contributed by atoms with Gasteiger partial charge in [-0.3, -0.25) is 32.5 Å². The molecule has 2 amide bonds. The molecule has 1 fully saturated rings. The summed E-state index contributed by atoms with van der Waals surface area (Å²) in [5.74, 6) is -1.02. The highest BCUT2D eigenvalue weighted by Crippen LogP contribution is 2.61. The number of imidazole rings is 1. The van der Waals surface area contributed by atoms with Gasteiger partial charge in [0.1, 0.15) is 36.3 Å². The SMILES string of the molecule is CCCCCCCC/C=C\CCCCCCCCCCCC(=O)SCCNC(=O)CCNC(=O)C(O)C(C)(C)COP(=O)(O)OP(=O)(O)OCC1OC(n2cnc3c(N)ncnc32)C(O)C1OP(=O)(O)O. The molecular weight excluding hydrogens is 1010 g/mol. The van der Waals surface area contributed by atoms with E-state index in [1.807, 2.05) is 0 Å². The quantitative estimate of drug-likeness (QED) is 0.0203. The van der Waals surface area contributed by atoms with Gasteiger partial charge in [0, 0.05) is 37.1 Å². The van der Waals surface area contributed by atoms with Crippen LogP contribution in [0.1, 0.15) is 149 Å². The second-order valence-electron chi connectivity index (χ2n) is 18.0. The van der Waals surface area contributed by atoms with Crippen molar-refractivity contribution in [3.05, 3.63) is 24.8 Å². The molecule has 28 heteroatoms. The smallest absolute Gasteiger partial charge is 0.386 e. The Hall–Kier alpha value is -2.70. The third-order valence-electron chi connectivity index (χ3n) is 11.4. The first-order valence-corrected chi connectivity index (χ1v) is 29.8. The molecule has 0 bridgehead atoms. The van der Waals surface area contributed by atoms with Crippen molar-refractivity contribution in [2.45, 2.75) is 173 Å². The zero-order chi connectivity index (χ0) is 52.5. The minimum absolute atomic E-state index is 0.0337. The number of unbranched alkanes of at least 4 members (excludes halogenated alkanes) is 15. The van der Waals surface area contributed by atoms with Gasteiger partial charge in [-0.15, -0.1) is 0 Å². The highest BCUT2D eigenvalue weighted by Gasteiger charge is 2.50. The number of phosphoric acid groups is 3. The summed E-state index contributed by atoms with van der Waals surface area (Å²) in [6.45, 7) is 2.82. The van der Waals surface area contributed by atoms with Crippen molar-refractivity contribution >= 4 is 69.1 Å². The number of amides is 2. The van der Waals surface area contributed by atoms with Crippen LogP contribution in [0.25, 0.3) is 11.2 Å². The van der Waals surface area contributed by atoms with E-state index < -0.39 is 84.6 Å². The number of ether oxygens (including phenoxy) is 1. The van der Waals surface area contributed by atoms with E-state index in [2.05, 4.69) is 53.5 Å². The summed E-state index contributed by atoms with van der Waals surface area (Å²) in [6, 6.07) is 0. The third-order valence-corrected chi connectivity index (χ3v) is 15.4. The first-order valence-electron chi connectivity index (χ1n) is 24.3. The van der Waals surface area contributed by atoms with Gasteiger partial charge in [-0.25, -0.2) is 28.6 Å². The topological polar surface area (TPSA) is 364 Å². The van der Waals surface area contributed by atoms with Gasteiger partial charge in [0.15, 0.2) is 22.8 Å². The van der Waals surface area contributed by atoms with Crippen molar-refractivity contribution in [1.29, 1.82) is 0 Å². The van der Waals surface area contributed by atoms with Gasteiger partial charge in [0.25, 0.3) is 0 Å². The number of carbonyl (C=O) groups is 3. The average molecular weight is 1090 g/mol. The summed E-state index contributed by atoms with van der Waals surface area (Å²) < 4.78 is 62.5. The minimum Gasteiger partial charge on any atom is -0.386 e. The lowest BCUT2D eigenvalue weighted by Crippen LogP contribution is -2.46. The standard InChI is InChI=1S/C43H76N7O17P3S/c1-4-5-6-7-8-9-10-11-12-13-14-15-16-17-18-19-20-21-22-23-34(52)71-27-26-45-33(51)24-25-46-41(55)38(54)43(2,3)29-64-70(61,62)67-69(59,60)63-28-32-37(66-68(56,57)58)36(53)42(65-32)50-31-49-35-39(44)47-30-48-40(35)50/h11-12,30-32,36-38,42,53-54H,4-10,13-29H2,1-3H3,(H,45,51)(H,46,55)(H,59,60)(H,61,62)(H2,44,47,48)(H2,56,57,58)/b12-11-. The van der Waals surface area contributed by atoms with Gasteiger partial charge in [-0.05, 0) is 32.1 Å². The molecule has 7 unspecified atom stereocenters. The lowest BCUT2D eigenvalue weighted by atomic mass is 9.87. The average Bonchev–Trinajstić information content (AvgIpc) is 3.86. The summed E-state index contributed by atoms with van der Waals surface area (Å²) in [7, 11) is -16.4. The molecule has 0 aliphatic carbocycles. The first-order chi connectivity index (χ1) is 33.6. The zero-order valence-corrected chi connectivity index (χ0v) is 44.5. The number of nitrogens with two attached hydrogens (primary N) is 1. The summed E-state index contributed by atoms with van der Waals surface area (Å²) in [5, 5.41) is 26.7. The summed E-state index contributed by atoms with van der Waals surface area (Å²) in [5.41, 5.74) is 4.29. The predicted octanol–water partition coefficient (Wildman–Crippen LogP) is 6.26. The molecule has 2 aromatic rings. The summed E-state index contributed by atoms with van der Waals surface area (Å²) in [6.07, 6.45) is 19.1. The molecule has 71 heavy (non-hydrogen) atoms. The molecule has 1 aliphatic rings. The maximum Gasteiger partial charge on any atom is 0.481 e. The van der Waals surface area contributed by atoms with Crippen LogP contribution < -0.4 is 16.4 Å². The Bertz CT molecular complexity index is 2120. The van der Waals surface area contributed by atoms with Crippen LogP contribution in [0.2, 0.25) is 0 Å². The molecule has 7 atom stereocenters. The molecule has 0 aromatic carbocycles. The van der Waals surface area contributed by atoms with Crippen molar-refractivity contribution in [2.24, 2.45) is 5.41 Å². The van der Waals surface area contributed by atoms with Gasteiger partial charge in [-0.2, -0.15) is 4.31 Å². The lowest BCUT2D eigenvalue weighted by Gasteiger charge is -2.30. The maximum absolute atomic E-state index is 12.8. The monoisotopic (exact) mass is 1090 g/mol. The molecule has 3 heterocycles. The van der Waals surface area contributed by atoms with Crippen molar-refractivity contribution in [3.8, 4) is 0 Å². The molecule has 1 aliphatic heterocycles. The van der Waals surface area contributed by atoms with Gasteiger partial charge in [0.05, 0.1) is 19.5 Å². The lowest BCUT2D eigenvalue weighted by molar-refractivity contribution is -0.137. The van der Waals surface area contributed by atoms with E-state index in [-0.39, 0.29) is 41.6 Å². The number of aliphatic hydroxyl groups is 2. The minimum atomic E-state index is -5.58. The van der Waals surface area contributed by atoms with E-state index in [1.165, 1.54) is 104 Å². The Morgan fingerprint density at radius 3 is 2.06 bits per heavy atom. The summed E-state index contributed by atoms with van der Waals surface area (Å²) >= 11 is 1.16. The van der Waals surface area contributed by atoms with E-state index in [9.17, 15) is 57.9 Å². The predicted molar refractivity (Wildman–Crippen MR) is 265 cm³/mol. The zero-order valence-electron chi connectivity index (χ0n) is 41.0. The number of nitrogens with one attached hydrogen (secondary N) is 2. The van der Waals surface area contributed by atoms with Crippen LogP contribution in [-0.4, -0.2) is 123 Å². The Kier molecular flexibility index (Phi) is 28.1. The third kappa shape index (κ3) is 24.5. The fourth-order valence-corrected chi connectivity index (χ4v) is 11.0. The van der Waals surface area contributed by atoms with Gasteiger partial charge in [0.2, 0.25) is 11.8 Å². The summed E-state index contributed by atoms with van der Waals surface area (Å²) in [4.78, 5) is 88.5. The number of hydrogen-bond donors (Lipinski definition) is 9. The number of anilines is 1. The van der Waals surface area contributed by atoms with Crippen molar-refractivity contribution < 1.29 is 80.5 Å². The Balaban J connectivity index is 1.25. The molecule has 1 saturated heterocycles. The van der Waals surface area contributed by atoms with Crippen LogP contribution in [0, 0.1) is 5.41 Å². The van der Waals surface area contributed by atoms with E-state index in [4.69, 9.17) is 19.5 Å². The number of nitrogens with zero attached hydrogens (tertiary/aromatic N) is 4. The molecule has 3 rings (SSSR count). The van der Waals surface area contributed by atoms with Crippen molar-refractivity contribution in [2.75, 3.05) is 37.8 Å². The molecule has 24 nitrogen and oxygen atoms in total. The molecular formula is C43H76N7O17P3S. The molecule has 406 valence electrons. The normalized spacial score (nSPS) is 19.7. The van der Waals surface area contributed by atoms with Crippen LogP contribution in [0.4, 0.5) is 5.82 Å². The van der Waals surface area contributed by atoms with Crippen LogP contribution in [0.3, 0.4) is 0 Å². The Morgan fingerprint density at radius 1 is 0.845 bits per heavy atom. The second kappa shape index (κ2) is 31.9. The van der Waals surface area contributed by atoms with E-state index >= 15 is 0 Å². The van der Waals surface area contributed by atoms with Crippen LogP contribution >= 0.6 is 35.2 Å². The number of hydrogen-bond acceptors (Lipinski definition) is 18. The van der Waals surface area contributed by atoms with Gasteiger partial charge < -0.3 is 50.9 Å². The highest BCUT2D eigenvalue weighted by atomic mass is 32.2. The van der Waals surface area contributed by atoms with Crippen LogP contribution in [-0.2, 0) is 50.7 Å². The fourth-order valence-electron chi connectivity index (χ4n) is 7.41. The molecule has 0 saturated carbocycles. The van der Waals surface area contributed by atoms with Crippen LogP contribution in [0.15, 0.2) is 24.8 Å². The van der Waals surface area contributed by atoms with Crippen LogP contribution in [0.5, 0.6) is 0 Å². The van der Waals surface area contributed by atoms with E-state index in [0.29, 0.717) is 12.2 Å². The Morgan fingerprint density at radius 2 is 1.44 bits per heavy atom. The van der Waals surface area contributed by atoms with Gasteiger partial charge in [-0.1, -0.05) is 122 Å². The van der Waals surface area contributed by atoms with E-state index in [1.54, 1.807) is 0 Å².